The van der Waals surface area contributed by atoms with Crippen molar-refractivity contribution in [2.24, 2.45) is 0 Å². The lowest BCUT2D eigenvalue weighted by Gasteiger charge is -2.26. The maximum atomic E-state index is 10.8. The van der Waals surface area contributed by atoms with Gasteiger partial charge in [-0.15, -0.1) is 11.3 Å². The highest BCUT2D eigenvalue weighted by molar-refractivity contribution is 7.21. The van der Waals surface area contributed by atoms with E-state index in [0.717, 1.165) is 28.1 Å². The number of aromatic nitrogens is 3. The number of aliphatic hydroxyl groups is 1. The molecule has 2 aromatic heterocycles. The fourth-order valence-corrected chi connectivity index (χ4v) is 4.51. The summed E-state index contributed by atoms with van der Waals surface area (Å²) in [6.07, 6.45) is 3.34. The molecule has 2 N–H and O–H groups in total. The van der Waals surface area contributed by atoms with Crippen molar-refractivity contribution in [2.75, 3.05) is 24.3 Å². The van der Waals surface area contributed by atoms with Gasteiger partial charge in [0.25, 0.3) is 0 Å². The Morgan fingerprint density at radius 3 is 2.58 bits per heavy atom. The van der Waals surface area contributed by atoms with Gasteiger partial charge in [0.15, 0.2) is 0 Å². The first-order valence-corrected chi connectivity index (χ1v) is 9.76. The highest BCUT2D eigenvalue weighted by Gasteiger charge is 2.33. The van der Waals surface area contributed by atoms with E-state index in [2.05, 4.69) is 15.3 Å². The van der Waals surface area contributed by atoms with Crippen molar-refractivity contribution >= 4 is 44.9 Å². The molecule has 8 heteroatoms. The third-order valence-corrected chi connectivity index (χ3v) is 5.87. The molecule has 1 aliphatic carbocycles. The van der Waals surface area contributed by atoms with Crippen LogP contribution in [-0.4, -0.2) is 39.9 Å². The van der Waals surface area contributed by atoms with E-state index >= 15 is 0 Å². The molecule has 0 spiro atoms. The predicted molar refractivity (Wildman–Crippen MR) is 107 cm³/mol. The number of anilines is 2. The third-order valence-electron chi connectivity index (χ3n) is 4.54. The number of thiazole rings is 1. The summed E-state index contributed by atoms with van der Waals surface area (Å²) in [7, 11) is 3.72. The molecule has 1 aromatic carbocycles. The van der Waals surface area contributed by atoms with E-state index in [-0.39, 0.29) is 0 Å². The molecule has 0 atom stereocenters. The minimum atomic E-state index is -0.966. The van der Waals surface area contributed by atoms with Crippen LogP contribution in [0, 0.1) is 0 Å². The van der Waals surface area contributed by atoms with Crippen molar-refractivity contribution in [2.45, 2.75) is 31.4 Å². The summed E-state index contributed by atoms with van der Waals surface area (Å²) in [6.45, 7) is 0. The molecular formula is C18H20ClN5OS. The van der Waals surface area contributed by atoms with Gasteiger partial charge >= 0.3 is 0 Å². The Bertz CT molecular complexity index is 919. The van der Waals surface area contributed by atoms with Gasteiger partial charge in [-0.3, -0.25) is 0 Å². The molecule has 0 unspecified atom stereocenters. The summed E-state index contributed by atoms with van der Waals surface area (Å²) < 4.78 is 1.07. The van der Waals surface area contributed by atoms with Crippen LogP contribution in [0.5, 0.6) is 0 Å². The molecule has 1 fully saturated rings. The molecule has 0 amide bonds. The molecule has 0 aliphatic heterocycles. The molecule has 1 saturated carbocycles. The Balaban J connectivity index is 1.86. The van der Waals surface area contributed by atoms with Crippen LogP contribution in [0.15, 0.2) is 24.3 Å². The average Bonchev–Trinajstić information content (AvgIpc) is 3.20. The molecule has 1 aliphatic rings. The van der Waals surface area contributed by atoms with Crippen molar-refractivity contribution in [1.82, 2.24) is 15.0 Å². The van der Waals surface area contributed by atoms with Gasteiger partial charge in [-0.25, -0.2) is 9.97 Å². The van der Waals surface area contributed by atoms with Gasteiger partial charge in [-0.05, 0) is 37.8 Å². The number of hydrogen-bond acceptors (Lipinski definition) is 7. The first-order valence-electron chi connectivity index (χ1n) is 8.56. The van der Waals surface area contributed by atoms with Crippen molar-refractivity contribution in [3.8, 4) is 10.6 Å². The quantitative estimate of drug-likeness (QED) is 0.515. The fourth-order valence-electron chi connectivity index (χ4n) is 3.19. The number of para-hydroxylation sites is 1. The summed E-state index contributed by atoms with van der Waals surface area (Å²) in [5.74, 6) is 1.01. The Morgan fingerprint density at radius 2 is 1.88 bits per heavy atom. The molecule has 3 aromatic rings. The average molecular weight is 390 g/mol. The smallest absolute Gasteiger partial charge is 0.228 e. The number of nitrogens with zero attached hydrogens (tertiary/aromatic N) is 4. The SMILES string of the molecule is CN(C)c1nc(Cl)c(-c2nc3ccccc3s2)c(NC2(O)CCCC2)n1. The van der Waals surface area contributed by atoms with Crippen molar-refractivity contribution < 1.29 is 5.11 Å². The van der Waals surface area contributed by atoms with Crippen LogP contribution in [0.3, 0.4) is 0 Å². The van der Waals surface area contributed by atoms with Gasteiger partial charge in [0.2, 0.25) is 5.95 Å². The third kappa shape index (κ3) is 3.22. The zero-order valence-corrected chi connectivity index (χ0v) is 16.2. The zero-order chi connectivity index (χ0) is 18.3. The summed E-state index contributed by atoms with van der Waals surface area (Å²) in [6, 6.07) is 7.93. The number of hydrogen-bond donors (Lipinski definition) is 2. The molecule has 6 nitrogen and oxygen atoms in total. The van der Waals surface area contributed by atoms with Crippen LogP contribution in [0.4, 0.5) is 11.8 Å². The molecule has 0 radical (unpaired) electrons. The number of halogens is 1. The molecule has 0 bridgehead atoms. The number of fused-ring (bicyclic) bond motifs is 1. The lowest BCUT2D eigenvalue weighted by molar-refractivity contribution is 0.0775. The van der Waals surface area contributed by atoms with Gasteiger partial charge in [0, 0.05) is 14.1 Å². The van der Waals surface area contributed by atoms with Gasteiger partial charge in [0.1, 0.15) is 21.7 Å². The van der Waals surface area contributed by atoms with Crippen molar-refractivity contribution in [3.63, 3.8) is 0 Å². The Kier molecular flexibility index (Phi) is 4.46. The van der Waals surface area contributed by atoms with E-state index in [1.165, 1.54) is 11.3 Å². The van der Waals surface area contributed by atoms with Gasteiger partial charge in [-0.2, -0.15) is 4.98 Å². The summed E-state index contributed by atoms with van der Waals surface area (Å²) in [4.78, 5) is 15.5. The Labute approximate surface area is 160 Å². The normalized spacial score (nSPS) is 16.2. The van der Waals surface area contributed by atoms with Gasteiger partial charge < -0.3 is 15.3 Å². The second-order valence-corrected chi connectivity index (χ2v) is 8.17. The van der Waals surface area contributed by atoms with E-state index in [4.69, 9.17) is 16.6 Å². The number of nitrogens with one attached hydrogen (secondary N) is 1. The molecule has 2 heterocycles. The van der Waals surface area contributed by atoms with Gasteiger partial charge in [0.05, 0.1) is 15.8 Å². The van der Waals surface area contributed by atoms with E-state index in [9.17, 15) is 5.11 Å². The van der Waals surface area contributed by atoms with E-state index in [0.29, 0.717) is 35.3 Å². The summed E-state index contributed by atoms with van der Waals surface area (Å²) >= 11 is 8.08. The summed E-state index contributed by atoms with van der Waals surface area (Å²) in [5, 5.41) is 15.1. The maximum absolute atomic E-state index is 10.8. The van der Waals surface area contributed by atoms with E-state index < -0.39 is 5.72 Å². The first-order chi connectivity index (χ1) is 12.5. The zero-order valence-electron chi connectivity index (χ0n) is 14.7. The lowest BCUT2D eigenvalue weighted by Crippen LogP contribution is -2.35. The highest BCUT2D eigenvalue weighted by Crippen LogP contribution is 2.41. The molecule has 26 heavy (non-hydrogen) atoms. The highest BCUT2D eigenvalue weighted by atomic mass is 35.5. The van der Waals surface area contributed by atoms with Crippen LogP contribution in [0.25, 0.3) is 20.8 Å². The van der Waals surface area contributed by atoms with Crippen LogP contribution in [0.1, 0.15) is 25.7 Å². The van der Waals surface area contributed by atoms with Crippen molar-refractivity contribution in [3.05, 3.63) is 29.4 Å². The standard InChI is InChI=1S/C18H20ClN5OS/c1-24(2)17-21-14(19)13(15(22-17)23-18(25)9-5-6-10-18)16-20-11-7-3-4-8-12(11)26-16/h3-4,7-8,25H,5-6,9-10H2,1-2H3,(H,21,22,23). The summed E-state index contributed by atoms with van der Waals surface area (Å²) in [5.41, 5.74) is 0.580. The Hall–Kier alpha value is -1.96. The lowest BCUT2D eigenvalue weighted by atomic mass is 10.1. The second-order valence-electron chi connectivity index (χ2n) is 6.78. The molecular weight excluding hydrogens is 370 g/mol. The van der Waals surface area contributed by atoms with Crippen molar-refractivity contribution in [1.29, 1.82) is 0 Å². The molecule has 4 rings (SSSR count). The first kappa shape index (κ1) is 17.5. The van der Waals surface area contributed by atoms with Crippen LogP contribution < -0.4 is 10.2 Å². The Morgan fingerprint density at radius 1 is 1.15 bits per heavy atom. The fraction of sp³-hybridized carbons (Fsp3) is 0.389. The largest absolute Gasteiger partial charge is 0.371 e. The monoisotopic (exact) mass is 389 g/mol. The molecule has 136 valence electrons. The van der Waals surface area contributed by atoms with E-state index in [1.54, 1.807) is 4.90 Å². The van der Waals surface area contributed by atoms with Gasteiger partial charge in [-0.1, -0.05) is 23.7 Å². The number of rotatable bonds is 4. The topological polar surface area (TPSA) is 74.2 Å². The minimum absolute atomic E-state index is 0.326. The molecule has 0 saturated heterocycles. The predicted octanol–water partition coefficient (Wildman–Crippen LogP) is 4.15. The minimum Gasteiger partial charge on any atom is -0.371 e. The maximum Gasteiger partial charge on any atom is 0.228 e. The van der Waals surface area contributed by atoms with Crippen LogP contribution >= 0.6 is 22.9 Å². The van der Waals surface area contributed by atoms with E-state index in [1.807, 2.05) is 38.4 Å². The second kappa shape index (κ2) is 6.64. The van der Waals surface area contributed by atoms with Crippen LogP contribution in [0.2, 0.25) is 5.15 Å². The number of benzene rings is 1. The van der Waals surface area contributed by atoms with Crippen LogP contribution in [-0.2, 0) is 0 Å².